The molecule has 1 amide bonds. The van der Waals surface area contributed by atoms with Crippen LogP contribution in [-0.4, -0.2) is 33.1 Å². The van der Waals surface area contributed by atoms with Gasteiger partial charge in [-0.25, -0.2) is 4.98 Å². The maximum atomic E-state index is 12.9. The van der Waals surface area contributed by atoms with E-state index in [4.69, 9.17) is 4.74 Å². The molecule has 1 aliphatic rings. The number of ether oxygens (including phenoxy) is 1. The van der Waals surface area contributed by atoms with Crippen molar-refractivity contribution in [2.75, 3.05) is 11.9 Å². The average Bonchev–Trinajstić information content (AvgIpc) is 3.03. The third-order valence-electron chi connectivity index (χ3n) is 4.48. The van der Waals surface area contributed by atoms with Gasteiger partial charge < -0.3 is 14.6 Å². The molecule has 0 aliphatic carbocycles. The number of aryl methyl sites for hydroxylation is 1. The number of carbonyl (C=O) groups is 2. The minimum absolute atomic E-state index is 0.000215. The Bertz CT molecular complexity index is 1040. The van der Waals surface area contributed by atoms with Gasteiger partial charge in [-0.15, -0.1) is 0 Å². The average molecular weight is 381 g/mol. The molecule has 1 aliphatic heterocycles. The summed E-state index contributed by atoms with van der Waals surface area (Å²) in [6.45, 7) is 4.73. The van der Waals surface area contributed by atoms with Crippen molar-refractivity contribution in [3.63, 3.8) is 0 Å². The number of nitrogens with zero attached hydrogens (tertiary/aromatic N) is 2. The summed E-state index contributed by atoms with van der Waals surface area (Å²) in [4.78, 5) is 29.1. The number of anilines is 1. The Morgan fingerprint density at radius 3 is 2.96 bits per heavy atom. The second kappa shape index (κ2) is 7.08. The standard InChI is InChI=1S/C20H19N3O3S/c1-3-23-16-7-5-4-6-14(16)22-20(23)27-12(2)19(25)13-8-9-17-15(10-13)21-18(24)11-26-17/h4-10,12H,3,11H2,1-2H3,(H,21,24). The number of hydrogen-bond donors (Lipinski definition) is 1. The molecular formula is C20H19N3O3S. The van der Waals surface area contributed by atoms with Crippen molar-refractivity contribution in [3.05, 3.63) is 48.0 Å². The van der Waals surface area contributed by atoms with Crippen LogP contribution in [0.3, 0.4) is 0 Å². The molecule has 138 valence electrons. The van der Waals surface area contributed by atoms with E-state index >= 15 is 0 Å². The Kier molecular flexibility index (Phi) is 4.61. The van der Waals surface area contributed by atoms with Crippen molar-refractivity contribution >= 4 is 40.2 Å². The van der Waals surface area contributed by atoms with E-state index in [0.717, 1.165) is 22.7 Å². The first-order chi connectivity index (χ1) is 13.1. The van der Waals surface area contributed by atoms with E-state index < -0.39 is 0 Å². The largest absolute Gasteiger partial charge is 0.482 e. The molecule has 1 atom stereocenters. The number of para-hydroxylation sites is 2. The lowest BCUT2D eigenvalue weighted by molar-refractivity contribution is -0.118. The van der Waals surface area contributed by atoms with Crippen LogP contribution in [0, 0.1) is 0 Å². The number of amides is 1. The monoisotopic (exact) mass is 381 g/mol. The zero-order chi connectivity index (χ0) is 19.0. The van der Waals surface area contributed by atoms with E-state index in [0.29, 0.717) is 17.0 Å². The third kappa shape index (κ3) is 3.30. The van der Waals surface area contributed by atoms with Gasteiger partial charge in [0.25, 0.3) is 5.91 Å². The Balaban J connectivity index is 1.58. The summed E-state index contributed by atoms with van der Waals surface area (Å²) in [7, 11) is 0. The number of carbonyl (C=O) groups excluding carboxylic acids is 2. The number of imidazole rings is 1. The van der Waals surface area contributed by atoms with Gasteiger partial charge >= 0.3 is 0 Å². The molecule has 1 aromatic heterocycles. The topological polar surface area (TPSA) is 73.2 Å². The van der Waals surface area contributed by atoms with Crippen LogP contribution >= 0.6 is 11.8 Å². The van der Waals surface area contributed by atoms with Crippen molar-refractivity contribution in [3.8, 4) is 5.75 Å². The number of aromatic nitrogens is 2. The molecule has 27 heavy (non-hydrogen) atoms. The fourth-order valence-electron chi connectivity index (χ4n) is 3.13. The number of hydrogen-bond acceptors (Lipinski definition) is 5. The van der Waals surface area contributed by atoms with Crippen LogP contribution in [0.5, 0.6) is 5.75 Å². The first-order valence-corrected chi connectivity index (χ1v) is 9.67. The highest BCUT2D eigenvalue weighted by Crippen LogP contribution is 2.32. The molecule has 3 aromatic rings. The second-order valence-electron chi connectivity index (χ2n) is 6.30. The molecule has 7 heteroatoms. The van der Waals surface area contributed by atoms with Crippen LogP contribution in [0.4, 0.5) is 5.69 Å². The van der Waals surface area contributed by atoms with Gasteiger partial charge in [0.15, 0.2) is 17.5 Å². The molecule has 0 spiro atoms. The minimum atomic E-state index is -0.314. The number of rotatable bonds is 5. The predicted octanol–water partition coefficient (Wildman–Crippen LogP) is 3.75. The Hall–Kier alpha value is -2.80. The zero-order valence-corrected chi connectivity index (χ0v) is 15.9. The van der Waals surface area contributed by atoms with Crippen LogP contribution in [0.25, 0.3) is 11.0 Å². The van der Waals surface area contributed by atoms with E-state index in [2.05, 4.69) is 21.8 Å². The van der Waals surface area contributed by atoms with Crippen molar-refractivity contribution < 1.29 is 14.3 Å². The van der Waals surface area contributed by atoms with E-state index in [9.17, 15) is 9.59 Å². The molecular weight excluding hydrogens is 362 g/mol. The molecule has 4 rings (SSSR count). The summed E-state index contributed by atoms with van der Waals surface area (Å²) in [6, 6.07) is 13.1. The maximum absolute atomic E-state index is 12.9. The molecule has 6 nitrogen and oxygen atoms in total. The molecule has 1 unspecified atom stereocenters. The van der Waals surface area contributed by atoms with Crippen LogP contribution < -0.4 is 10.1 Å². The Morgan fingerprint density at radius 1 is 1.33 bits per heavy atom. The summed E-state index contributed by atoms with van der Waals surface area (Å²) in [5, 5.41) is 3.25. The lowest BCUT2D eigenvalue weighted by Crippen LogP contribution is -2.25. The van der Waals surface area contributed by atoms with Crippen molar-refractivity contribution in [2.45, 2.75) is 30.8 Å². The van der Waals surface area contributed by atoms with Gasteiger partial charge in [0.2, 0.25) is 0 Å². The maximum Gasteiger partial charge on any atom is 0.262 e. The summed E-state index contributed by atoms with van der Waals surface area (Å²) in [5.41, 5.74) is 3.07. The van der Waals surface area contributed by atoms with Gasteiger partial charge in [0.1, 0.15) is 5.75 Å². The van der Waals surface area contributed by atoms with E-state index in [-0.39, 0.29) is 23.5 Å². The first kappa shape index (κ1) is 17.6. The van der Waals surface area contributed by atoms with Gasteiger partial charge in [-0.1, -0.05) is 23.9 Å². The molecule has 0 bridgehead atoms. The van der Waals surface area contributed by atoms with Crippen molar-refractivity contribution in [1.29, 1.82) is 0 Å². The van der Waals surface area contributed by atoms with Gasteiger partial charge in [-0.3, -0.25) is 9.59 Å². The first-order valence-electron chi connectivity index (χ1n) is 8.79. The smallest absolute Gasteiger partial charge is 0.262 e. The number of ketones is 1. The van der Waals surface area contributed by atoms with Gasteiger partial charge in [-0.2, -0.15) is 0 Å². The lowest BCUT2D eigenvalue weighted by Gasteiger charge is -2.19. The summed E-state index contributed by atoms with van der Waals surface area (Å²) < 4.78 is 7.46. The molecule has 0 fully saturated rings. The molecule has 0 saturated heterocycles. The molecule has 1 N–H and O–H groups in total. The zero-order valence-electron chi connectivity index (χ0n) is 15.1. The van der Waals surface area contributed by atoms with E-state index in [1.165, 1.54) is 11.8 Å². The van der Waals surface area contributed by atoms with Crippen LogP contribution in [0.15, 0.2) is 47.6 Å². The van der Waals surface area contributed by atoms with Crippen molar-refractivity contribution in [1.82, 2.24) is 9.55 Å². The SMILES string of the molecule is CCn1c(SC(C)C(=O)c2ccc3c(c2)NC(=O)CO3)nc2ccccc21. The lowest BCUT2D eigenvalue weighted by atomic mass is 10.1. The fourth-order valence-corrected chi connectivity index (χ4v) is 4.20. The Labute approximate surface area is 160 Å². The van der Waals surface area contributed by atoms with E-state index in [1.54, 1.807) is 18.2 Å². The molecule has 2 heterocycles. The quantitative estimate of drug-likeness (QED) is 0.538. The van der Waals surface area contributed by atoms with Crippen LogP contribution in [0.1, 0.15) is 24.2 Å². The van der Waals surface area contributed by atoms with Crippen LogP contribution in [0.2, 0.25) is 0 Å². The fraction of sp³-hybridized carbons (Fsp3) is 0.250. The number of nitrogens with one attached hydrogen (secondary N) is 1. The van der Waals surface area contributed by atoms with E-state index in [1.807, 2.05) is 31.2 Å². The molecule has 0 saturated carbocycles. The number of thioether (sulfide) groups is 1. The summed E-state index contributed by atoms with van der Waals surface area (Å²) in [6.07, 6.45) is 0. The number of benzene rings is 2. The second-order valence-corrected chi connectivity index (χ2v) is 7.61. The predicted molar refractivity (Wildman–Crippen MR) is 106 cm³/mol. The molecule has 2 aromatic carbocycles. The highest BCUT2D eigenvalue weighted by Gasteiger charge is 2.23. The number of Topliss-reactive ketones (excluding diaryl/α,β-unsaturated/α-hetero) is 1. The highest BCUT2D eigenvalue weighted by molar-refractivity contribution is 8.00. The van der Waals surface area contributed by atoms with Gasteiger partial charge in [0.05, 0.1) is 22.0 Å². The van der Waals surface area contributed by atoms with Crippen LogP contribution in [-0.2, 0) is 11.3 Å². The minimum Gasteiger partial charge on any atom is -0.482 e. The summed E-state index contributed by atoms with van der Waals surface area (Å²) >= 11 is 1.45. The van der Waals surface area contributed by atoms with Crippen molar-refractivity contribution in [2.24, 2.45) is 0 Å². The Morgan fingerprint density at radius 2 is 2.15 bits per heavy atom. The summed E-state index contributed by atoms with van der Waals surface area (Å²) in [5.74, 6) is 0.350. The number of fused-ring (bicyclic) bond motifs is 2. The highest BCUT2D eigenvalue weighted by atomic mass is 32.2. The normalized spacial score (nSPS) is 14.4. The van der Waals surface area contributed by atoms with Gasteiger partial charge in [-0.05, 0) is 44.2 Å². The van der Waals surface area contributed by atoms with Gasteiger partial charge in [0, 0.05) is 12.1 Å². The third-order valence-corrected chi connectivity index (χ3v) is 5.57. The molecule has 0 radical (unpaired) electrons.